The molecule has 0 radical (unpaired) electrons. The summed E-state index contributed by atoms with van der Waals surface area (Å²) in [6.45, 7) is 17.4. The van der Waals surface area contributed by atoms with Crippen LogP contribution in [0.15, 0.2) is 11.8 Å². The van der Waals surface area contributed by atoms with Crippen molar-refractivity contribution in [2.45, 2.75) is 87.5 Å². The second-order valence-electron chi connectivity index (χ2n) is 8.26. The maximum absolute atomic E-state index is 10.6. The van der Waals surface area contributed by atoms with Crippen LogP contribution in [0.3, 0.4) is 0 Å². The van der Waals surface area contributed by atoms with Crippen LogP contribution in [0.4, 0.5) is 0 Å². The molecule has 140 valence electrons. The van der Waals surface area contributed by atoms with Crippen LogP contribution in [-0.4, -0.2) is 4.92 Å². The van der Waals surface area contributed by atoms with Gasteiger partial charge in [0, 0.05) is 6.92 Å². The fourth-order valence-electron chi connectivity index (χ4n) is 3.51. The number of nitro groups is 1. The van der Waals surface area contributed by atoms with E-state index in [9.17, 15) is 10.1 Å². The van der Waals surface area contributed by atoms with Crippen LogP contribution < -0.4 is 0 Å². The smallest absolute Gasteiger partial charge is 0.239 e. The predicted molar refractivity (Wildman–Crippen MR) is 107 cm³/mol. The van der Waals surface area contributed by atoms with Crippen molar-refractivity contribution in [3.8, 4) is 0 Å². The molecule has 1 rings (SSSR count). The van der Waals surface area contributed by atoms with Crippen molar-refractivity contribution in [3.05, 3.63) is 55.3 Å². The lowest BCUT2D eigenvalue weighted by Gasteiger charge is -2.26. The monoisotopic (exact) mass is 345 g/mol. The van der Waals surface area contributed by atoms with E-state index in [4.69, 9.17) is 0 Å². The Hall–Kier alpha value is -1.64. The normalized spacial score (nSPS) is 12.6. The molecule has 0 unspecified atom stereocenters. The molecular weight excluding hydrogens is 310 g/mol. The minimum Gasteiger partial charge on any atom is -0.259 e. The van der Waals surface area contributed by atoms with Gasteiger partial charge in [0.1, 0.15) is 0 Å². The van der Waals surface area contributed by atoms with Crippen LogP contribution in [0.1, 0.15) is 79.8 Å². The van der Waals surface area contributed by atoms with Gasteiger partial charge in [-0.15, -0.1) is 0 Å². The van der Waals surface area contributed by atoms with E-state index in [0.717, 1.165) is 32.1 Å². The second kappa shape index (κ2) is 8.64. The molecule has 0 atom stereocenters. The van der Waals surface area contributed by atoms with E-state index < -0.39 is 0 Å². The third-order valence-corrected chi connectivity index (χ3v) is 5.99. The van der Waals surface area contributed by atoms with Crippen LogP contribution in [0, 0.1) is 50.1 Å². The van der Waals surface area contributed by atoms with E-state index in [0.29, 0.717) is 0 Å². The van der Waals surface area contributed by atoms with Crippen molar-refractivity contribution < 1.29 is 4.92 Å². The largest absolute Gasteiger partial charge is 0.259 e. The Balaban J connectivity index is 2.71. The van der Waals surface area contributed by atoms with Gasteiger partial charge in [0.25, 0.3) is 0 Å². The topological polar surface area (TPSA) is 43.1 Å². The number of allylic oxidation sites excluding steroid dienone is 2. The maximum atomic E-state index is 10.6. The summed E-state index contributed by atoms with van der Waals surface area (Å²) >= 11 is 0. The average molecular weight is 346 g/mol. The fourth-order valence-corrected chi connectivity index (χ4v) is 3.51. The Kier molecular flexibility index (Phi) is 7.40. The molecule has 0 saturated carbocycles. The van der Waals surface area contributed by atoms with Gasteiger partial charge in [0.15, 0.2) is 0 Å². The van der Waals surface area contributed by atoms with Gasteiger partial charge in [0.2, 0.25) is 5.70 Å². The van der Waals surface area contributed by atoms with E-state index >= 15 is 0 Å². The van der Waals surface area contributed by atoms with Crippen LogP contribution in [0.5, 0.6) is 0 Å². The summed E-state index contributed by atoms with van der Waals surface area (Å²) in [5.74, 6) is 0. The molecule has 0 N–H and O–H groups in total. The standard InChI is InChI=1S/C22H35NO2/c1-15(23(24)25)11-9-10-13-22(7,8)14-12-21-19(5)17(3)16(2)18(4)20(21)6/h11H,9-10,12-14H2,1-8H3/b15-11+. The quantitative estimate of drug-likeness (QED) is 0.305. The first-order valence-electron chi connectivity index (χ1n) is 9.35. The molecule has 0 saturated heterocycles. The minimum atomic E-state index is -0.307. The van der Waals surface area contributed by atoms with Crippen molar-refractivity contribution in [3.63, 3.8) is 0 Å². The van der Waals surface area contributed by atoms with Gasteiger partial charge >= 0.3 is 0 Å². The van der Waals surface area contributed by atoms with E-state index in [1.54, 1.807) is 13.0 Å². The van der Waals surface area contributed by atoms with Gasteiger partial charge in [-0.1, -0.05) is 13.8 Å². The zero-order chi connectivity index (χ0) is 19.4. The lowest BCUT2D eigenvalue weighted by Crippen LogP contribution is -2.14. The number of hydrogen-bond donors (Lipinski definition) is 0. The van der Waals surface area contributed by atoms with Gasteiger partial charge in [-0.05, 0) is 112 Å². The molecule has 1 aromatic carbocycles. The SMILES string of the molecule is C/C(=C\CCCC(C)(C)CCc1c(C)c(C)c(C)c(C)c1C)[N+](=O)[O-]. The molecule has 0 heterocycles. The number of benzene rings is 1. The Morgan fingerprint density at radius 3 is 1.92 bits per heavy atom. The van der Waals surface area contributed by atoms with Gasteiger partial charge in [-0.25, -0.2) is 0 Å². The third kappa shape index (κ3) is 5.69. The van der Waals surface area contributed by atoms with Crippen molar-refractivity contribution in [2.24, 2.45) is 5.41 Å². The van der Waals surface area contributed by atoms with Gasteiger partial charge < -0.3 is 0 Å². The molecule has 0 fully saturated rings. The highest BCUT2D eigenvalue weighted by molar-refractivity contribution is 5.49. The lowest BCUT2D eigenvalue weighted by atomic mass is 9.79. The molecule has 0 spiro atoms. The summed E-state index contributed by atoms with van der Waals surface area (Å²) in [6.07, 6.45) is 6.89. The molecule has 0 aromatic heterocycles. The van der Waals surface area contributed by atoms with Gasteiger partial charge in [-0.2, -0.15) is 0 Å². The van der Waals surface area contributed by atoms with E-state index in [2.05, 4.69) is 48.5 Å². The van der Waals surface area contributed by atoms with Crippen LogP contribution >= 0.6 is 0 Å². The van der Waals surface area contributed by atoms with E-state index in [-0.39, 0.29) is 16.0 Å². The Morgan fingerprint density at radius 2 is 1.44 bits per heavy atom. The zero-order valence-electron chi connectivity index (χ0n) is 17.4. The molecule has 3 heteroatoms. The van der Waals surface area contributed by atoms with Crippen LogP contribution in [-0.2, 0) is 6.42 Å². The molecular formula is C22H35NO2. The Morgan fingerprint density at radius 1 is 0.960 bits per heavy atom. The summed E-state index contributed by atoms with van der Waals surface area (Å²) in [4.78, 5) is 10.3. The Labute approximate surface area is 153 Å². The molecule has 0 aliphatic heterocycles. The van der Waals surface area contributed by atoms with Crippen LogP contribution in [0.25, 0.3) is 0 Å². The Bertz CT molecular complexity index is 640. The molecule has 25 heavy (non-hydrogen) atoms. The molecule has 3 nitrogen and oxygen atoms in total. The maximum Gasteiger partial charge on any atom is 0.239 e. The van der Waals surface area contributed by atoms with Crippen molar-refractivity contribution in [2.75, 3.05) is 0 Å². The summed E-state index contributed by atoms with van der Waals surface area (Å²) in [6, 6.07) is 0. The highest BCUT2D eigenvalue weighted by Crippen LogP contribution is 2.33. The van der Waals surface area contributed by atoms with Crippen molar-refractivity contribution in [1.82, 2.24) is 0 Å². The fraction of sp³-hybridized carbons (Fsp3) is 0.636. The van der Waals surface area contributed by atoms with E-state index in [1.165, 1.54) is 33.4 Å². The highest BCUT2D eigenvalue weighted by atomic mass is 16.6. The number of rotatable bonds is 8. The predicted octanol–water partition coefficient (Wildman–Crippen LogP) is 6.54. The average Bonchev–Trinajstić information content (AvgIpc) is 2.54. The van der Waals surface area contributed by atoms with Crippen LogP contribution in [0.2, 0.25) is 0 Å². The third-order valence-electron chi connectivity index (χ3n) is 5.99. The van der Waals surface area contributed by atoms with E-state index in [1.807, 2.05) is 0 Å². The minimum absolute atomic E-state index is 0.252. The van der Waals surface area contributed by atoms with Gasteiger partial charge in [-0.3, -0.25) is 10.1 Å². The second-order valence-corrected chi connectivity index (χ2v) is 8.26. The zero-order valence-corrected chi connectivity index (χ0v) is 17.4. The lowest BCUT2D eigenvalue weighted by molar-refractivity contribution is -0.424. The first-order chi connectivity index (χ1) is 11.5. The number of nitrogens with zero attached hydrogens (tertiary/aromatic N) is 1. The van der Waals surface area contributed by atoms with Crippen molar-refractivity contribution in [1.29, 1.82) is 0 Å². The molecule has 1 aromatic rings. The summed E-state index contributed by atoms with van der Waals surface area (Å²) in [7, 11) is 0. The molecule has 0 aliphatic rings. The molecule has 0 amide bonds. The molecule has 0 aliphatic carbocycles. The van der Waals surface area contributed by atoms with Crippen molar-refractivity contribution >= 4 is 0 Å². The number of hydrogen-bond acceptors (Lipinski definition) is 2. The van der Waals surface area contributed by atoms with Gasteiger partial charge in [0.05, 0.1) is 4.92 Å². The summed E-state index contributed by atoms with van der Waals surface area (Å²) < 4.78 is 0. The molecule has 0 bridgehead atoms. The summed E-state index contributed by atoms with van der Waals surface area (Å²) in [5.41, 5.74) is 9.19. The first kappa shape index (κ1) is 21.4. The summed E-state index contributed by atoms with van der Waals surface area (Å²) in [5, 5.41) is 10.6. The highest BCUT2D eigenvalue weighted by Gasteiger charge is 2.20. The number of unbranched alkanes of at least 4 members (excludes halogenated alkanes) is 1. The first-order valence-corrected chi connectivity index (χ1v) is 9.35.